The van der Waals surface area contributed by atoms with Crippen molar-refractivity contribution in [1.29, 1.82) is 5.26 Å². The Bertz CT molecular complexity index is 1120. The molecule has 11 heteroatoms. The molecule has 0 radical (unpaired) electrons. The van der Waals surface area contributed by atoms with Crippen molar-refractivity contribution in [3.8, 4) is 6.07 Å². The van der Waals surface area contributed by atoms with Crippen molar-refractivity contribution < 1.29 is 9.53 Å². The van der Waals surface area contributed by atoms with E-state index < -0.39 is 5.91 Å². The maximum absolute atomic E-state index is 13.0. The van der Waals surface area contributed by atoms with Crippen molar-refractivity contribution in [3.63, 3.8) is 0 Å². The lowest BCUT2D eigenvalue weighted by Crippen LogP contribution is -2.46. The number of carbonyl (C=O) groups is 1. The number of ether oxygens (including phenoxy) is 1. The lowest BCUT2D eigenvalue weighted by molar-refractivity contribution is 0.0466. The van der Waals surface area contributed by atoms with E-state index in [0.717, 1.165) is 5.69 Å². The molecule has 5 N–H and O–H groups in total. The number of nitrogens with one attached hydrogen (secondary N) is 1. The monoisotopic (exact) mass is 407 g/mol. The van der Waals surface area contributed by atoms with Gasteiger partial charge in [-0.25, -0.2) is 9.50 Å². The van der Waals surface area contributed by atoms with E-state index in [4.69, 9.17) is 21.5 Å². The van der Waals surface area contributed by atoms with E-state index >= 15 is 0 Å². The number of pyridine rings is 1. The van der Waals surface area contributed by atoms with Gasteiger partial charge in [0.05, 0.1) is 42.8 Å². The average Bonchev–Trinajstić information content (AvgIpc) is 3.09. The van der Waals surface area contributed by atoms with E-state index in [1.165, 1.54) is 10.7 Å². The van der Waals surface area contributed by atoms with Crippen molar-refractivity contribution in [2.24, 2.45) is 5.73 Å². The molecule has 0 spiro atoms. The predicted octanol–water partition coefficient (Wildman–Crippen LogP) is 0.189. The van der Waals surface area contributed by atoms with Crippen LogP contribution < -0.4 is 21.7 Å². The number of amides is 1. The highest BCUT2D eigenvalue weighted by Gasteiger charge is 2.24. The van der Waals surface area contributed by atoms with Gasteiger partial charge in [0.2, 0.25) is 0 Å². The SMILES string of the molecule is N#CCc1cnc2c(C(=O)Nc3cnccc3N3CCOC(CN)C3)c(N)nn2c1. The molecule has 1 aliphatic heterocycles. The van der Waals surface area contributed by atoms with Crippen LogP contribution in [0.4, 0.5) is 17.2 Å². The molecule has 1 amide bonds. The minimum Gasteiger partial charge on any atom is -0.381 e. The van der Waals surface area contributed by atoms with Crippen molar-refractivity contribution in [2.45, 2.75) is 12.5 Å². The second-order valence-corrected chi connectivity index (χ2v) is 6.85. The number of carbonyl (C=O) groups excluding carboxylic acids is 1. The second-order valence-electron chi connectivity index (χ2n) is 6.85. The third kappa shape index (κ3) is 3.73. The minimum atomic E-state index is -0.444. The van der Waals surface area contributed by atoms with Crippen LogP contribution in [0.15, 0.2) is 30.9 Å². The number of fused-ring (bicyclic) bond motifs is 1. The topological polar surface area (TPSA) is 160 Å². The molecule has 0 saturated carbocycles. The lowest BCUT2D eigenvalue weighted by atomic mass is 10.2. The number of morpholine rings is 1. The number of anilines is 3. The summed E-state index contributed by atoms with van der Waals surface area (Å²) in [6.07, 6.45) is 6.53. The van der Waals surface area contributed by atoms with E-state index in [-0.39, 0.29) is 23.9 Å². The Kier molecular flexibility index (Phi) is 5.42. The number of hydrogen-bond donors (Lipinski definition) is 3. The van der Waals surface area contributed by atoms with Crippen LogP contribution in [0.2, 0.25) is 0 Å². The van der Waals surface area contributed by atoms with Gasteiger partial charge in [-0.3, -0.25) is 9.78 Å². The highest BCUT2D eigenvalue weighted by atomic mass is 16.5. The highest BCUT2D eigenvalue weighted by Crippen LogP contribution is 2.28. The molecular weight excluding hydrogens is 386 g/mol. The number of nitrogen functional groups attached to an aromatic ring is 1. The third-order valence-electron chi connectivity index (χ3n) is 4.85. The van der Waals surface area contributed by atoms with Crippen LogP contribution in [-0.2, 0) is 11.2 Å². The molecular formula is C19H21N9O2. The van der Waals surface area contributed by atoms with E-state index in [2.05, 4.69) is 31.4 Å². The highest BCUT2D eigenvalue weighted by molar-refractivity contribution is 6.12. The number of aromatic nitrogens is 4. The lowest BCUT2D eigenvalue weighted by Gasteiger charge is -2.34. The number of rotatable bonds is 5. The van der Waals surface area contributed by atoms with Gasteiger partial charge in [0, 0.05) is 43.8 Å². The molecule has 0 bridgehead atoms. The Balaban J connectivity index is 1.62. The van der Waals surface area contributed by atoms with E-state index in [0.29, 0.717) is 43.1 Å². The van der Waals surface area contributed by atoms with Gasteiger partial charge in [0.1, 0.15) is 5.56 Å². The molecule has 1 fully saturated rings. The maximum atomic E-state index is 13.0. The Labute approximate surface area is 172 Å². The Morgan fingerprint density at radius 2 is 2.30 bits per heavy atom. The van der Waals surface area contributed by atoms with Crippen LogP contribution in [-0.4, -0.2) is 57.8 Å². The minimum absolute atomic E-state index is 0.0501. The molecule has 1 atom stereocenters. The standard InChI is InChI=1S/C19H21N9O2/c20-3-1-12-8-24-18-16(17(22)26-28(18)10-12)19(29)25-14-9-23-4-2-15(14)27-5-6-30-13(7-21)11-27/h2,4,8-10,13H,1,5-7,11,21H2,(H2,22,26)(H,25,29). The van der Waals surface area contributed by atoms with Crippen molar-refractivity contribution in [1.82, 2.24) is 19.6 Å². The van der Waals surface area contributed by atoms with Crippen molar-refractivity contribution in [2.75, 3.05) is 42.2 Å². The van der Waals surface area contributed by atoms with Crippen LogP contribution >= 0.6 is 0 Å². The molecule has 1 saturated heterocycles. The predicted molar refractivity (Wildman–Crippen MR) is 110 cm³/mol. The zero-order valence-corrected chi connectivity index (χ0v) is 16.2. The van der Waals surface area contributed by atoms with E-state index in [1.54, 1.807) is 18.6 Å². The summed E-state index contributed by atoms with van der Waals surface area (Å²) in [5, 5.41) is 15.9. The summed E-state index contributed by atoms with van der Waals surface area (Å²) in [7, 11) is 0. The van der Waals surface area contributed by atoms with Crippen LogP contribution in [0.25, 0.3) is 5.65 Å². The molecule has 0 aliphatic carbocycles. The fourth-order valence-electron chi connectivity index (χ4n) is 3.42. The molecule has 1 aliphatic rings. The molecule has 154 valence electrons. The summed E-state index contributed by atoms with van der Waals surface area (Å²) in [6, 6.07) is 3.88. The number of nitriles is 1. The van der Waals surface area contributed by atoms with Crippen LogP contribution in [0, 0.1) is 11.3 Å². The third-order valence-corrected chi connectivity index (χ3v) is 4.85. The number of nitrogens with two attached hydrogens (primary N) is 2. The van der Waals surface area contributed by atoms with Crippen LogP contribution in [0.3, 0.4) is 0 Å². The Morgan fingerprint density at radius 3 is 3.10 bits per heavy atom. The summed E-state index contributed by atoms with van der Waals surface area (Å²) in [4.78, 5) is 23.6. The number of hydrogen-bond acceptors (Lipinski definition) is 9. The Hall–Kier alpha value is -3.75. The molecule has 3 aromatic heterocycles. The van der Waals surface area contributed by atoms with Gasteiger partial charge in [0.25, 0.3) is 5.91 Å². The molecule has 4 rings (SSSR count). The van der Waals surface area contributed by atoms with E-state index in [9.17, 15) is 4.79 Å². The van der Waals surface area contributed by atoms with Gasteiger partial charge < -0.3 is 26.4 Å². The first kappa shape index (κ1) is 19.6. The first-order chi connectivity index (χ1) is 14.6. The Morgan fingerprint density at radius 1 is 1.43 bits per heavy atom. The van der Waals surface area contributed by atoms with Crippen LogP contribution in [0.5, 0.6) is 0 Å². The van der Waals surface area contributed by atoms with Gasteiger partial charge in [0.15, 0.2) is 11.5 Å². The summed E-state index contributed by atoms with van der Waals surface area (Å²) in [5.41, 5.74) is 14.2. The van der Waals surface area contributed by atoms with Gasteiger partial charge in [-0.1, -0.05) is 0 Å². The van der Waals surface area contributed by atoms with Gasteiger partial charge in [-0.2, -0.15) is 5.26 Å². The fourth-order valence-corrected chi connectivity index (χ4v) is 3.42. The molecule has 0 aromatic carbocycles. The summed E-state index contributed by atoms with van der Waals surface area (Å²) < 4.78 is 7.04. The quantitative estimate of drug-likeness (QED) is 0.536. The molecule has 11 nitrogen and oxygen atoms in total. The smallest absolute Gasteiger partial charge is 0.263 e. The maximum Gasteiger partial charge on any atom is 0.263 e. The molecule has 4 heterocycles. The van der Waals surface area contributed by atoms with Gasteiger partial charge in [-0.15, -0.1) is 5.10 Å². The van der Waals surface area contributed by atoms with Crippen molar-refractivity contribution >= 4 is 28.7 Å². The zero-order chi connectivity index (χ0) is 21.1. The summed E-state index contributed by atoms with van der Waals surface area (Å²) in [5.74, 6) is -0.393. The van der Waals surface area contributed by atoms with E-state index in [1.807, 2.05) is 6.07 Å². The first-order valence-corrected chi connectivity index (χ1v) is 9.42. The zero-order valence-electron chi connectivity index (χ0n) is 16.2. The van der Waals surface area contributed by atoms with Crippen molar-refractivity contribution in [3.05, 3.63) is 42.0 Å². The van der Waals surface area contributed by atoms with Gasteiger partial charge >= 0.3 is 0 Å². The summed E-state index contributed by atoms with van der Waals surface area (Å²) >= 11 is 0. The van der Waals surface area contributed by atoms with Gasteiger partial charge in [-0.05, 0) is 6.07 Å². The number of nitrogens with zero attached hydrogens (tertiary/aromatic N) is 6. The molecule has 30 heavy (non-hydrogen) atoms. The second kappa shape index (κ2) is 8.32. The fraction of sp³-hybridized carbons (Fsp3) is 0.316. The van der Waals surface area contributed by atoms with Crippen LogP contribution in [0.1, 0.15) is 15.9 Å². The first-order valence-electron chi connectivity index (χ1n) is 9.42. The molecule has 1 unspecified atom stereocenters. The average molecular weight is 407 g/mol. The summed E-state index contributed by atoms with van der Waals surface area (Å²) in [6.45, 7) is 2.26. The normalized spacial score (nSPS) is 16.4. The largest absolute Gasteiger partial charge is 0.381 e. The molecule has 3 aromatic rings.